The molecule has 0 aromatic rings. The number of hydrogen-bond acceptors (Lipinski definition) is 3. The lowest BCUT2D eigenvalue weighted by atomic mass is 10.0. The average molecular weight is 174 g/mol. The van der Waals surface area contributed by atoms with Gasteiger partial charge < -0.3 is 14.6 Å². The normalized spacial score (nSPS) is 31.5. The molecule has 0 bridgehead atoms. The molecule has 1 rings (SSSR count). The van der Waals surface area contributed by atoms with Gasteiger partial charge >= 0.3 is 0 Å². The van der Waals surface area contributed by atoms with Gasteiger partial charge in [0.15, 0.2) is 5.79 Å². The molecular formula is C9H18O3. The van der Waals surface area contributed by atoms with E-state index in [0.29, 0.717) is 0 Å². The molecule has 0 spiro atoms. The van der Waals surface area contributed by atoms with E-state index in [9.17, 15) is 0 Å². The highest BCUT2D eigenvalue weighted by Gasteiger charge is 2.31. The van der Waals surface area contributed by atoms with Crippen molar-refractivity contribution < 1.29 is 14.6 Å². The van der Waals surface area contributed by atoms with Crippen LogP contribution >= 0.6 is 0 Å². The molecular weight excluding hydrogens is 156 g/mol. The van der Waals surface area contributed by atoms with Crippen molar-refractivity contribution in [2.24, 2.45) is 5.92 Å². The molecule has 0 radical (unpaired) electrons. The molecule has 0 aromatic carbocycles. The Labute approximate surface area is 73.7 Å². The minimum absolute atomic E-state index is 0.138. The van der Waals surface area contributed by atoms with Crippen LogP contribution in [0, 0.1) is 5.92 Å². The fourth-order valence-corrected chi connectivity index (χ4v) is 1.40. The van der Waals surface area contributed by atoms with Gasteiger partial charge in [-0.1, -0.05) is 6.92 Å². The molecule has 0 aliphatic carbocycles. The summed E-state index contributed by atoms with van der Waals surface area (Å²) in [6.07, 6.45) is 1.02. The maximum absolute atomic E-state index is 8.94. The van der Waals surface area contributed by atoms with Gasteiger partial charge in [0, 0.05) is 12.5 Å². The Kier molecular flexibility index (Phi) is 3.09. The maximum Gasteiger partial charge on any atom is 0.163 e. The molecule has 0 saturated carbocycles. The van der Waals surface area contributed by atoms with Gasteiger partial charge in [0.2, 0.25) is 0 Å². The Morgan fingerprint density at radius 3 is 2.75 bits per heavy atom. The zero-order valence-corrected chi connectivity index (χ0v) is 8.04. The van der Waals surface area contributed by atoms with E-state index in [2.05, 4.69) is 0 Å². The quantitative estimate of drug-likeness (QED) is 0.682. The summed E-state index contributed by atoms with van der Waals surface area (Å²) in [5, 5.41) is 8.94. The molecule has 3 nitrogen and oxygen atoms in total. The molecule has 2 atom stereocenters. The van der Waals surface area contributed by atoms with Crippen molar-refractivity contribution in [3.05, 3.63) is 0 Å². The summed E-state index contributed by atoms with van der Waals surface area (Å²) in [7, 11) is 0. The van der Waals surface area contributed by atoms with E-state index in [4.69, 9.17) is 14.6 Å². The first-order valence-corrected chi connectivity index (χ1v) is 4.48. The van der Waals surface area contributed by atoms with Gasteiger partial charge in [0.05, 0.1) is 12.7 Å². The monoisotopic (exact) mass is 174 g/mol. The second-order valence-corrected chi connectivity index (χ2v) is 3.85. The highest BCUT2D eigenvalue weighted by Crippen LogP contribution is 2.25. The predicted octanol–water partition coefficient (Wildman–Crippen LogP) is 1.16. The van der Waals surface area contributed by atoms with Crippen LogP contribution in [0.15, 0.2) is 0 Å². The van der Waals surface area contributed by atoms with Crippen LogP contribution < -0.4 is 0 Å². The van der Waals surface area contributed by atoms with Gasteiger partial charge in [-0.05, 0) is 20.3 Å². The maximum atomic E-state index is 8.94. The van der Waals surface area contributed by atoms with Gasteiger partial charge in [-0.25, -0.2) is 0 Å². The van der Waals surface area contributed by atoms with Crippen LogP contribution in [-0.2, 0) is 9.47 Å². The average Bonchev–Trinajstić information content (AvgIpc) is 2.01. The fourth-order valence-electron chi connectivity index (χ4n) is 1.40. The fraction of sp³-hybridized carbons (Fsp3) is 1.00. The van der Waals surface area contributed by atoms with Crippen molar-refractivity contribution >= 4 is 0 Å². The lowest BCUT2D eigenvalue weighted by Crippen LogP contribution is -2.43. The van der Waals surface area contributed by atoms with E-state index < -0.39 is 5.79 Å². The highest BCUT2D eigenvalue weighted by molar-refractivity contribution is 4.73. The SMILES string of the molecule is C[C@H](CO)[C@H]1CCOC(C)(C)O1. The highest BCUT2D eigenvalue weighted by atomic mass is 16.7. The Morgan fingerprint density at radius 1 is 1.58 bits per heavy atom. The number of rotatable bonds is 2. The van der Waals surface area contributed by atoms with Crippen molar-refractivity contribution in [2.75, 3.05) is 13.2 Å². The lowest BCUT2D eigenvalue weighted by molar-refractivity contribution is -0.282. The third kappa shape index (κ3) is 2.44. The van der Waals surface area contributed by atoms with E-state index in [-0.39, 0.29) is 18.6 Å². The van der Waals surface area contributed by atoms with Crippen LogP contribution in [-0.4, -0.2) is 30.2 Å². The summed E-state index contributed by atoms with van der Waals surface area (Å²) in [5.74, 6) is -0.278. The van der Waals surface area contributed by atoms with Crippen molar-refractivity contribution in [2.45, 2.75) is 39.1 Å². The van der Waals surface area contributed by atoms with Crippen LogP contribution in [0.25, 0.3) is 0 Å². The minimum atomic E-state index is -0.480. The summed E-state index contributed by atoms with van der Waals surface area (Å²) in [6, 6.07) is 0. The zero-order chi connectivity index (χ0) is 9.19. The van der Waals surface area contributed by atoms with Crippen molar-refractivity contribution in [3.63, 3.8) is 0 Å². The number of ether oxygens (including phenoxy) is 2. The van der Waals surface area contributed by atoms with Crippen LogP contribution in [0.1, 0.15) is 27.2 Å². The second kappa shape index (κ2) is 3.73. The first-order chi connectivity index (χ1) is 5.55. The van der Waals surface area contributed by atoms with Gasteiger partial charge in [-0.2, -0.15) is 0 Å². The molecule has 0 unspecified atom stereocenters. The van der Waals surface area contributed by atoms with Crippen LogP contribution in [0.5, 0.6) is 0 Å². The van der Waals surface area contributed by atoms with Crippen LogP contribution in [0.2, 0.25) is 0 Å². The Hall–Kier alpha value is -0.120. The van der Waals surface area contributed by atoms with Crippen molar-refractivity contribution in [3.8, 4) is 0 Å². The molecule has 72 valence electrons. The van der Waals surface area contributed by atoms with Gasteiger partial charge in [-0.15, -0.1) is 0 Å². The predicted molar refractivity (Wildman–Crippen MR) is 45.8 cm³/mol. The first-order valence-electron chi connectivity index (χ1n) is 4.48. The molecule has 1 N–H and O–H groups in total. The smallest absolute Gasteiger partial charge is 0.163 e. The zero-order valence-electron chi connectivity index (χ0n) is 8.04. The molecule has 1 heterocycles. The molecule has 0 amide bonds. The molecule has 1 saturated heterocycles. The number of aliphatic hydroxyl groups excluding tert-OH is 1. The van der Waals surface area contributed by atoms with Gasteiger partial charge in [0.1, 0.15) is 0 Å². The minimum Gasteiger partial charge on any atom is -0.396 e. The standard InChI is InChI=1S/C9H18O3/c1-7(6-10)8-4-5-11-9(2,3)12-8/h7-8,10H,4-6H2,1-3H3/t7-,8-/m1/s1. The summed E-state index contributed by atoms with van der Waals surface area (Å²) < 4.78 is 11.0. The van der Waals surface area contributed by atoms with E-state index in [1.165, 1.54) is 0 Å². The Morgan fingerprint density at radius 2 is 2.25 bits per heavy atom. The number of hydrogen-bond donors (Lipinski definition) is 1. The lowest BCUT2D eigenvalue weighted by Gasteiger charge is -2.38. The Bertz CT molecular complexity index is 145. The molecule has 1 aliphatic rings. The van der Waals surface area contributed by atoms with E-state index in [0.717, 1.165) is 13.0 Å². The number of aliphatic hydroxyl groups is 1. The Balaban J connectivity index is 2.46. The van der Waals surface area contributed by atoms with Crippen LogP contribution in [0.4, 0.5) is 0 Å². The summed E-state index contributed by atoms with van der Waals surface area (Å²) in [6.45, 7) is 6.71. The van der Waals surface area contributed by atoms with E-state index in [1.54, 1.807) is 0 Å². The largest absolute Gasteiger partial charge is 0.396 e. The molecule has 1 aliphatic heterocycles. The molecule has 3 heteroatoms. The van der Waals surface area contributed by atoms with Crippen molar-refractivity contribution in [1.82, 2.24) is 0 Å². The van der Waals surface area contributed by atoms with Gasteiger partial charge in [0.25, 0.3) is 0 Å². The second-order valence-electron chi connectivity index (χ2n) is 3.85. The summed E-state index contributed by atoms with van der Waals surface area (Å²) in [5.41, 5.74) is 0. The van der Waals surface area contributed by atoms with Crippen molar-refractivity contribution in [1.29, 1.82) is 0 Å². The van der Waals surface area contributed by atoms with Gasteiger partial charge in [-0.3, -0.25) is 0 Å². The topological polar surface area (TPSA) is 38.7 Å². The molecule has 1 fully saturated rings. The van der Waals surface area contributed by atoms with E-state index in [1.807, 2.05) is 20.8 Å². The molecule has 0 aromatic heterocycles. The summed E-state index contributed by atoms with van der Waals surface area (Å²) in [4.78, 5) is 0. The van der Waals surface area contributed by atoms with E-state index >= 15 is 0 Å². The summed E-state index contributed by atoms with van der Waals surface area (Å²) >= 11 is 0. The third-order valence-electron chi connectivity index (χ3n) is 2.21. The first kappa shape index (κ1) is 9.96. The molecule has 12 heavy (non-hydrogen) atoms. The third-order valence-corrected chi connectivity index (χ3v) is 2.21. The van der Waals surface area contributed by atoms with Crippen LogP contribution in [0.3, 0.4) is 0 Å².